The molecule has 2 aromatic rings. The van der Waals surface area contributed by atoms with E-state index in [0.29, 0.717) is 18.5 Å². The van der Waals surface area contributed by atoms with Crippen LogP contribution in [0.5, 0.6) is 0 Å². The zero-order valence-corrected chi connectivity index (χ0v) is 15.9. The molecular weight excluding hydrogens is 364 g/mol. The predicted molar refractivity (Wildman–Crippen MR) is 103 cm³/mol. The van der Waals surface area contributed by atoms with Crippen LogP contribution in [0.25, 0.3) is 0 Å². The molecule has 1 aliphatic heterocycles. The number of nitrogens with one attached hydrogen (secondary N) is 2. The Bertz CT molecular complexity index is 942. The Balaban J connectivity index is 1.81. The van der Waals surface area contributed by atoms with E-state index in [1.807, 2.05) is 13.0 Å². The second-order valence-electron chi connectivity index (χ2n) is 6.32. The van der Waals surface area contributed by atoms with Crippen molar-refractivity contribution in [2.45, 2.75) is 43.7 Å². The lowest BCUT2D eigenvalue weighted by Crippen LogP contribution is -2.35. The summed E-state index contributed by atoms with van der Waals surface area (Å²) in [5, 5.41) is 2.86. The zero-order valence-electron chi connectivity index (χ0n) is 15.1. The molecule has 8 heteroatoms. The number of aliphatic imine (C=N–C) groups is 1. The van der Waals surface area contributed by atoms with E-state index < -0.39 is 16.1 Å². The average molecular weight is 386 g/mol. The molecule has 0 bridgehead atoms. The molecule has 142 valence electrons. The summed E-state index contributed by atoms with van der Waals surface area (Å²) in [6.07, 6.45) is 5.64. The Kier molecular flexibility index (Phi) is 5.85. The normalized spacial score (nSPS) is 17.1. The van der Waals surface area contributed by atoms with E-state index in [4.69, 9.17) is 0 Å². The van der Waals surface area contributed by atoms with Crippen molar-refractivity contribution in [1.29, 1.82) is 0 Å². The van der Waals surface area contributed by atoms with Gasteiger partial charge < -0.3 is 5.32 Å². The fourth-order valence-corrected chi connectivity index (χ4v) is 4.09. The van der Waals surface area contributed by atoms with Gasteiger partial charge in [0.25, 0.3) is 10.0 Å². The van der Waals surface area contributed by atoms with Crippen LogP contribution in [0.15, 0.2) is 58.7 Å². The summed E-state index contributed by atoms with van der Waals surface area (Å²) in [5.41, 5.74) is 1.39. The minimum absolute atomic E-state index is 0.189. The highest BCUT2D eigenvalue weighted by Gasteiger charge is 2.31. The molecule has 0 aliphatic carbocycles. The van der Waals surface area contributed by atoms with E-state index in [2.05, 4.69) is 20.0 Å². The van der Waals surface area contributed by atoms with Gasteiger partial charge in [-0.25, -0.2) is 8.42 Å². The number of hydrogen-bond donors (Lipinski definition) is 2. The summed E-state index contributed by atoms with van der Waals surface area (Å²) in [7, 11) is -3.62. The summed E-state index contributed by atoms with van der Waals surface area (Å²) < 4.78 is 26.9. The van der Waals surface area contributed by atoms with Gasteiger partial charge in [0.15, 0.2) is 0 Å². The quantitative estimate of drug-likeness (QED) is 0.760. The molecule has 2 N–H and O–H groups in total. The molecular formula is C19H22N4O3S. The lowest BCUT2D eigenvalue weighted by Gasteiger charge is -2.14. The van der Waals surface area contributed by atoms with Crippen LogP contribution < -0.4 is 10.0 Å². The van der Waals surface area contributed by atoms with Crippen molar-refractivity contribution in [3.8, 4) is 0 Å². The number of amidine groups is 1. The Hall–Kier alpha value is -2.74. The number of pyridine rings is 1. The molecule has 0 unspecified atom stereocenters. The number of unbranched alkanes of at least 4 members (excludes halogenated alkanes) is 1. The van der Waals surface area contributed by atoms with E-state index in [1.54, 1.807) is 36.7 Å². The first kappa shape index (κ1) is 19.0. The van der Waals surface area contributed by atoms with Crippen LogP contribution in [0, 0.1) is 0 Å². The maximum atomic E-state index is 12.7. The first-order valence-electron chi connectivity index (χ1n) is 8.88. The molecule has 7 nitrogen and oxygen atoms in total. The SMILES string of the molecule is CCCC[C@@H](N=C1NS(=O)(=O)c2ccccc21)C(=O)NCc1cccnc1. The number of nitrogens with zero attached hydrogens (tertiary/aromatic N) is 2. The monoisotopic (exact) mass is 386 g/mol. The Morgan fingerprint density at radius 2 is 2.07 bits per heavy atom. The minimum atomic E-state index is -3.62. The fraction of sp³-hybridized carbons (Fsp3) is 0.316. The largest absolute Gasteiger partial charge is 0.350 e. The van der Waals surface area contributed by atoms with Gasteiger partial charge in [0.1, 0.15) is 11.9 Å². The van der Waals surface area contributed by atoms with Gasteiger partial charge in [0.05, 0.1) is 4.90 Å². The molecule has 0 radical (unpaired) electrons. The van der Waals surface area contributed by atoms with Crippen LogP contribution in [0.4, 0.5) is 0 Å². The predicted octanol–water partition coefficient (Wildman–Crippen LogP) is 2.00. The summed E-state index contributed by atoms with van der Waals surface area (Å²) in [6.45, 7) is 2.38. The number of sulfonamides is 1. The van der Waals surface area contributed by atoms with Crippen molar-refractivity contribution in [2.24, 2.45) is 4.99 Å². The first-order valence-corrected chi connectivity index (χ1v) is 10.4. The third kappa shape index (κ3) is 4.51. The van der Waals surface area contributed by atoms with Crippen LogP contribution in [-0.4, -0.2) is 31.2 Å². The second-order valence-corrected chi connectivity index (χ2v) is 7.97. The van der Waals surface area contributed by atoms with Gasteiger partial charge in [-0.1, -0.05) is 38.0 Å². The van der Waals surface area contributed by atoms with E-state index in [0.717, 1.165) is 18.4 Å². The van der Waals surface area contributed by atoms with Crippen LogP contribution >= 0.6 is 0 Å². The van der Waals surface area contributed by atoms with E-state index in [9.17, 15) is 13.2 Å². The smallest absolute Gasteiger partial charge is 0.263 e. The highest BCUT2D eigenvalue weighted by atomic mass is 32.2. The van der Waals surface area contributed by atoms with Crippen LogP contribution in [0.3, 0.4) is 0 Å². The molecule has 1 aromatic heterocycles. The zero-order chi connectivity index (χ0) is 19.3. The van der Waals surface area contributed by atoms with Gasteiger partial charge in [0, 0.05) is 24.5 Å². The molecule has 0 fully saturated rings. The molecule has 1 aliphatic rings. The minimum Gasteiger partial charge on any atom is -0.350 e. The number of carbonyl (C=O) groups excluding carboxylic acids is 1. The van der Waals surface area contributed by atoms with E-state index in [-0.39, 0.29) is 16.6 Å². The topological polar surface area (TPSA) is 101 Å². The Labute approximate surface area is 159 Å². The van der Waals surface area contributed by atoms with Gasteiger partial charge in [0.2, 0.25) is 5.91 Å². The van der Waals surface area contributed by atoms with Crippen molar-refractivity contribution in [3.05, 3.63) is 59.9 Å². The Morgan fingerprint density at radius 3 is 2.81 bits per heavy atom. The second kappa shape index (κ2) is 8.30. The lowest BCUT2D eigenvalue weighted by atomic mass is 10.1. The summed E-state index contributed by atoms with van der Waals surface area (Å²) >= 11 is 0. The van der Waals surface area contributed by atoms with Crippen molar-refractivity contribution in [3.63, 3.8) is 0 Å². The number of amides is 1. The first-order chi connectivity index (χ1) is 13.0. The number of aromatic nitrogens is 1. The lowest BCUT2D eigenvalue weighted by molar-refractivity contribution is -0.122. The van der Waals surface area contributed by atoms with Gasteiger partial charge in [-0.05, 0) is 30.2 Å². The van der Waals surface area contributed by atoms with Gasteiger partial charge in [-0.3, -0.25) is 19.5 Å². The van der Waals surface area contributed by atoms with Crippen molar-refractivity contribution < 1.29 is 13.2 Å². The molecule has 27 heavy (non-hydrogen) atoms. The van der Waals surface area contributed by atoms with Crippen LogP contribution in [0.1, 0.15) is 37.3 Å². The number of hydrogen-bond acceptors (Lipinski definition) is 5. The number of rotatable bonds is 7. The fourth-order valence-electron chi connectivity index (χ4n) is 2.85. The van der Waals surface area contributed by atoms with Crippen molar-refractivity contribution >= 4 is 21.8 Å². The Morgan fingerprint density at radius 1 is 1.26 bits per heavy atom. The maximum absolute atomic E-state index is 12.7. The van der Waals surface area contributed by atoms with Gasteiger partial charge >= 0.3 is 0 Å². The maximum Gasteiger partial charge on any atom is 0.263 e. The standard InChI is InChI=1S/C19H22N4O3S/c1-2-3-9-16(19(24)21-13-14-7-6-11-20-12-14)22-18-15-8-4-5-10-17(15)27(25,26)23-18/h4-8,10-12,16H,2-3,9,13H2,1H3,(H,21,24)(H,22,23)/t16-/m1/s1. The summed E-state index contributed by atoms with van der Waals surface area (Å²) in [4.78, 5) is 21.3. The molecule has 0 saturated carbocycles. The highest BCUT2D eigenvalue weighted by Crippen LogP contribution is 2.23. The highest BCUT2D eigenvalue weighted by molar-refractivity contribution is 7.90. The molecule has 2 heterocycles. The molecule has 1 aromatic carbocycles. The number of fused-ring (bicyclic) bond motifs is 1. The van der Waals surface area contributed by atoms with Crippen molar-refractivity contribution in [2.75, 3.05) is 0 Å². The molecule has 1 amide bonds. The van der Waals surface area contributed by atoms with Crippen LogP contribution in [-0.2, 0) is 21.4 Å². The third-order valence-corrected chi connectivity index (χ3v) is 5.67. The van der Waals surface area contributed by atoms with Gasteiger partial charge in [-0.15, -0.1) is 0 Å². The third-order valence-electron chi connectivity index (χ3n) is 4.27. The van der Waals surface area contributed by atoms with E-state index in [1.165, 1.54) is 6.07 Å². The molecule has 0 saturated heterocycles. The van der Waals surface area contributed by atoms with Crippen molar-refractivity contribution in [1.82, 2.24) is 15.0 Å². The van der Waals surface area contributed by atoms with Gasteiger partial charge in [-0.2, -0.15) is 0 Å². The average Bonchev–Trinajstić information content (AvgIpc) is 2.94. The van der Waals surface area contributed by atoms with Crippen LogP contribution in [0.2, 0.25) is 0 Å². The number of carbonyl (C=O) groups is 1. The molecule has 3 rings (SSSR count). The number of benzene rings is 1. The summed E-state index contributed by atoms with van der Waals surface area (Å²) in [6, 6.07) is 9.66. The molecule has 0 spiro atoms. The molecule has 1 atom stereocenters. The summed E-state index contributed by atoms with van der Waals surface area (Å²) in [5.74, 6) is -0.00777. The van der Waals surface area contributed by atoms with E-state index >= 15 is 0 Å².